The molecule has 0 unspecified atom stereocenters. The molecule has 5 nitrogen and oxygen atoms in total. The van der Waals surface area contributed by atoms with Gasteiger partial charge in [-0.25, -0.2) is 9.69 Å². The SMILES string of the molecule is N#CCN1C(=O)NC2(CCCCCCC2)C1=O. The second-order valence-electron chi connectivity index (χ2n) is 4.83. The van der Waals surface area contributed by atoms with E-state index in [1.54, 1.807) is 0 Å². The Morgan fingerprint density at radius 1 is 1.18 bits per heavy atom. The largest absolute Gasteiger partial charge is 0.325 e. The van der Waals surface area contributed by atoms with E-state index in [-0.39, 0.29) is 12.5 Å². The lowest BCUT2D eigenvalue weighted by Gasteiger charge is -2.28. The standard InChI is InChI=1S/C12H17N3O2/c13-8-9-15-10(16)12(14-11(15)17)6-4-2-1-3-5-7-12/h1-7,9H2,(H,14,17). The molecule has 2 aliphatic rings. The van der Waals surface area contributed by atoms with E-state index >= 15 is 0 Å². The molecule has 0 bridgehead atoms. The number of nitrogens with zero attached hydrogens (tertiary/aromatic N) is 2. The van der Waals surface area contributed by atoms with Gasteiger partial charge < -0.3 is 5.32 Å². The molecule has 0 radical (unpaired) electrons. The molecule has 1 aliphatic carbocycles. The van der Waals surface area contributed by atoms with Crippen molar-refractivity contribution in [2.75, 3.05) is 6.54 Å². The summed E-state index contributed by atoms with van der Waals surface area (Å²) in [6, 6.07) is 1.46. The second-order valence-corrected chi connectivity index (χ2v) is 4.83. The van der Waals surface area contributed by atoms with Gasteiger partial charge in [-0.2, -0.15) is 5.26 Å². The molecule has 1 aliphatic heterocycles. The minimum atomic E-state index is -0.714. The van der Waals surface area contributed by atoms with Crippen molar-refractivity contribution in [2.45, 2.75) is 50.5 Å². The third-order valence-corrected chi connectivity index (χ3v) is 3.68. The normalized spacial score (nSPS) is 24.1. The van der Waals surface area contributed by atoms with Crippen LogP contribution < -0.4 is 5.32 Å². The maximum atomic E-state index is 12.2. The number of carbonyl (C=O) groups excluding carboxylic acids is 2. The summed E-state index contributed by atoms with van der Waals surface area (Å²) in [5.41, 5.74) is -0.714. The average Bonchev–Trinajstić information content (AvgIpc) is 2.50. The van der Waals surface area contributed by atoms with Crippen LogP contribution in [-0.4, -0.2) is 28.9 Å². The Kier molecular flexibility index (Phi) is 3.32. The van der Waals surface area contributed by atoms with Crippen LogP contribution in [0.25, 0.3) is 0 Å². The highest BCUT2D eigenvalue weighted by molar-refractivity contribution is 6.07. The zero-order valence-corrected chi connectivity index (χ0v) is 9.87. The van der Waals surface area contributed by atoms with E-state index in [9.17, 15) is 9.59 Å². The lowest BCUT2D eigenvalue weighted by Crippen LogP contribution is -2.47. The number of amides is 3. The second kappa shape index (κ2) is 4.74. The van der Waals surface area contributed by atoms with E-state index in [1.165, 1.54) is 6.42 Å². The fraction of sp³-hybridized carbons (Fsp3) is 0.750. The first-order valence-corrected chi connectivity index (χ1v) is 6.21. The quantitative estimate of drug-likeness (QED) is 0.553. The highest BCUT2D eigenvalue weighted by atomic mass is 16.2. The predicted octanol–water partition coefficient (Wildman–Crippen LogP) is 1.54. The number of hydrogen-bond acceptors (Lipinski definition) is 3. The summed E-state index contributed by atoms with van der Waals surface area (Å²) in [6.07, 6.45) is 6.78. The molecule has 3 amide bonds. The van der Waals surface area contributed by atoms with E-state index in [1.807, 2.05) is 6.07 Å². The third kappa shape index (κ3) is 2.12. The average molecular weight is 235 g/mol. The topological polar surface area (TPSA) is 73.2 Å². The molecule has 1 N–H and O–H groups in total. The summed E-state index contributed by atoms with van der Waals surface area (Å²) in [5.74, 6) is -0.203. The fourth-order valence-corrected chi connectivity index (χ4v) is 2.74. The van der Waals surface area contributed by atoms with Crippen molar-refractivity contribution in [3.63, 3.8) is 0 Å². The zero-order chi connectivity index (χ0) is 12.3. The van der Waals surface area contributed by atoms with E-state index in [0.717, 1.165) is 30.6 Å². The van der Waals surface area contributed by atoms with Gasteiger partial charge in [0.25, 0.3) is 5.91 Å². The lowest BCUT2D eigenvalue weighted by atomic mass is 9.84. The molecular formula is C12H17N3O2. The maximum absolute atomic E-state index is 12.2. The van der Waals surface area contributed by atoms with Crippen LogP contribution in [0.2, 0.25) is 0 Å². The molecule has 1 spiro atoms. The molecular weight excluding hydrogens is 218 g/mol. The Bertz CT molecular complexity index is 364. The predicted molar refractivity (Wildman–Crippen MR) is 60.9 cm³/mol. The molecule has 1 saturated carbocycles. The molecule has 0 aromatic rings. The third-order valence-electron chi connectivity index (χ3n) is 3.68. The van der Waals surface area contributed by atoms with Crippen molar-refractivity contribution in [1.29, 1.82) is 5.26 Å². The minimum Gasteiger partial charge on any atom is -0.323 e. The van der Waals surface area contributed by atoms with Crippen molar-refractivity contribution in [1.82, 2.24) is 10.2 Å². The van der Waals surface area contributed by atoms with Crippen molar-refractivity contribution in [3.05, 3.63) is 0 Å². The van der Waals surface area contributed by atoms with E-state index in [0.29, 0.717) is 12.8 Å². The summed E-state index contributed by atoms with van der Waals surface area (Å²) in [4.78, 5) is 25.0. The van der Waals surface area contributed by atoms with Gasteiger partial charge in [0, 0.05) is 0 Å². The van der Waals surface area contributed by atoms with E-state index in [4.69, 9.17) is 5.26 Å². The summed E-state index contributed by atoms with van der Waals surface area (Å²) < 4.78 is 0. The zero-order valence-electron chi connectivity index (χ0n) is 9.87. The summed E-state index contributed by atoms with van der Waals surface area (Å²) in [6.45, 7) is -0.146. The number of nitriles is 1. The van der Waals surface area contributed by atoms with Gasteiger partial charge in [-0.15, -0.1) is 0 Å². The number of hydrogen-bond donors (Lipinski definition) is 1. The summed E-state index contributed by atoms with van der Waals surface area (Å²) >= 11 is 0. The number of nitrogens with one attached hydrogen (secondary N) is 1. The highest BCUT2D eigenvalue weighted by Crippen LogP contribution is 2.31. The Morgan fingerprint density at radius 2 is 1.76 bits per heavy atom. The number of rotatable bonds is 1. The molecule has 0 aromatic heterocycles. The Balaban J connectivity index is 2.17. The Morgan fingerprint density at radius 3 is 2.35 bits per heavy atom. The summed E-state index contributed by atoms with van der Waals surface area (Å²) in [5, 5.41) is 11.4. The molecule has 0 aromatic carbocycles. The summed E-state index contributed by atoms with van der Waals surface area (Å²) in [7, 11) is 0. The molecule has 1 heterocycles. The smallest absolute Gasteiger partial charge is 0.323 e. The van der Waals surface area contributed by atoms with E-state index < -0.39 is 11.6 Å². The number of imide groups is 1. The van der Waals surface area contributed by atoms with Crippen molar-refractivity contribution in [3.8, 4) is 6.07 Å². The van der Waals surface area contributed by atoms with E-state index in [2.05, 4.69) is 5.32 Å². The fourth-order valence-electron chi connectivity index (χ4n) is 2.74. The minimum absolute atomic E-state index is 0.146. The van der Waals surface area contributed by atoms with Crippen LogP contribution in [0.1, 0.15) is 44.9 Å². The number of urea groups is 1. The molecule has 0 atom stereocenters. The van der Waals surface area contributed by atoms with Gasteiger partial charge in [0.2, 0.25) is 0 Å². The van der Waals surface area contributed by atoms with Crippen LogP contribution in [0.5, 0.6) is 0 Å². The van der Waals surface area contributed by atoms with Gasteiger partial charge in [-0.3, -0.25) is 4.79 Å². The van der Waals surface area contributed by atoms with Crippen LogP contribution in [0.4, 0.5) is 4.79 Å². The van der Waals surface area contributed by atoms with Crippen LogP contribution in [0.15, 0.2) is 0 Å². The molecule has 17 heavy (non-hydrogen) atoms. The van der Waals surface area contributed by atoms with Crippen molar-refractivity contribution < 1.29 is 9.59 Å². The molecule has 5 heteroatoms. The van der Waals surface area contributed by atoms with Gasteiger partial charge in [0.05, 0.1) is 6.07 Å². The van der Waals surface area contributed by atoms with Gasteiger partial charge >= 0.3 is 6.03 Å². The molecule has 92 valence electrons. The van der Waals surface area contributed by atoms with Gasteiger partial charge in [-0.1, -0.05) is 32.1 Å². The van der Waals surface area contributed by atoms with Crippen molar-refractivity contribution in [2.24, 2.45) is 0 Å². The first kappa shape index (κ1) is 11.9. The first-order valence-electron chi connectivity index (χ1n) is 6.21. The van der Waals surface area contributed by atoms with Crippen LogP contribution in [0.3, 0.4) is 0 Å². The molecule has 2 fully saturated rings. The highest BCUT2D eigenvalue weighted by Gasteiger charge is 2.50. The van der Waals surface area contributed by atoms with Gasteiger partial charge in [0.1, 0.15) is 12.1 Å². The van der Waals surface area contributed by atoms with Crippen LogP contribution in [-0.2, 0) is 4.79 Å². The van der Waals surface area contributed by atoms with Crippen molar-refractivity contribution >= 4 is 11.9 Å². The van der Waals surface area contributed by atoms with Crippen LogP contribution in [0, 0.1) is 11.3 Å². The first-order chi connectivity index (χ1) is 8.19. The Hall–Kier alpha value is -1.57. The molecule has 2 rings (SSSR count). The Labute approximate surface area is 101 Å². The maximum Gasteiger partial charge on any atom is 0.325 e. The van der Waals surface area contributed by atoms with Crippen LogP contribution >= 0.6 is 0 Å². The van der Waals surface area contributed by atoms with Gasteiger partial charge in [-0.05, 0) is 12.8 Å². The van der Waals surface area contributed by atoms with Gasteiger partial charge in [0.15, 0.2) is 0 Å². The number of carbonyl (C=O) groups is 2. The monoisotopic (exact) mass is 235 g/mol. The lowest BCUT2D eigenvalue weighted by molar-refractivity contribution is -0.131. The molecule has 1 saturated heterocycles.